The molecule has 0 aliphatic heterocycles. The molecule has 0 saturated heterocycles. The molecule has 2 rings (SSSR count). The number of nitrogens with zero attached hydrogens (tertiary/aromatic N) is 1. The SMILES string of the molecule is COC(=O)C(O)c1ccc(OC)c2c1ccn2C. The van der Waals surface area contributed by atoms with Gasteiger partial charge in [-0.15, -0.1) is 0 Å². The topological polar surface area (TPSA) is 60.7 Å². The maximum absolute atomic E-state index is 11.4. The van der Waals surface area contributed by atoms with E-state index in [0.29, 0.717) is 11.3 Å². The lowest BCUT2D eigenvalue weighted by Crippen LogP contribution is -2.13. The standard InChI is InChI=1S/C13H15NO4/c1-14-7-6-8-9(12(15)13(16)18-3)4-5-10(17-2)11(8)14/h4-7,12,15H,1-3H3. The molecule has 0 aliphatic carbocycles. The van der Waals surface area contributed by atoms with Crippen LogP contribution >= 0.6 is 0 Å². The first kappa shape index (κ1) is 12.4. The normalized spacial score (nSPS) is 12.4. The van der Waals surface area contributed by atoms with Gasteiger partial charge in [0.1, 0.15) is 5.75 Å². The van der Waals surface area contributed by atoms with Gasteiger partial charge in [-0.2, -0.15) is 0 Å². The van der Waals surface area contributed by atoms with Gasteiger partial charge in [-0.05, 0) is 12.1 Å². The van der Waals surface area contributed by atoms with Crippen molar-refractivity contribution >= 4 is 16.9 Å². The maximum Gasteiger partial charge on any atom is 0.339 e. The lowest BCUT2D eigenvalue weighted by Gasteiger charge is -2.12. The van der Waals surface area contributed by atoms with Crippen molar-refractivity contribution in [2.45, 2.75) is 6.10 Å². The lowest BCUT2D eigenvalue weighted by molar-refractivity contribution is -0.150. The van der Waals surface area contributed by atoms with Gasteiger partial charge in [-0.1, -0.05) is 6.07 Å². The van der Waals surface area contributed by atoms with Crippen molar-refractivity contribution in [1.29, 1.82) is 0 Å². The third-order valence-electron chi connectivity index (χ3n) is 2.97. The number of hydrogen-bond acceptors (Lipinski definition) is 4. The molecule has 0 amide bonds. The van der Waals surface area contributed by atoms with Gasteiger partial charge in [0.05, 0.1) is 19.7 Å². The highest BCUT2D eigenvalue weighted by Gasteiger charge is 2.22. The minimum absolute atomic E-state index is 0.512. The molecule has 0 bridgehead atoms. The fourth-order valence-electron chi connectivity index (χ4n) is 2.05. The van der Waals surface area contributed by atoms with Gasteiger partial charge in [0.15, 0.2) is 6.10 Å². The number of hydrogen-bond donors (Lipinski definition) is 1. The van der Waals surface area contributed by atoms with Crippen LogP contribution in [0.15, 0.2) is 24.4 Å². The summed E-state index contributed by atoms with van der Waals surface area (Å²) in [5.74, 6) is 0.0173. The smallest absolute Gasteiger partial charge is 0.339 e. The summed E-state index contributed by atoms with van der Waals surface area (Å²) in [6, 6.07) is 5.23. The highest BCUT2D eigenvalue weighted by atomic mass is 16.5. The second kappa shape index (κ2) is 4.70. The van der Waals surface area contributed by atoms with Crippen LogP contribution in [0.2, 0.25) is 0 Å². The van der Waals surface area contributed by atoms with E-state index in [1.807, 2.05) is 23.9 Å². The Morgan fingerprint density at radius 1 is 1.33 bits per heavy atom. The molecule has 5 nitrogen and oxygen atoms in total. The molecule has 1 heterocycles. The van der Waals surface area contributed by atoms with Crippen LogP contribution in [0.5, 0.6) is 5.75 Å². The van der Waals surface area contributed by atoms with Crippen molar-refractivity contribution in [1.82, 2.24) is 4.57 Å². The number of carbonyl (C=O) groups is 1. The quantitative estimate of drug-likeness (QED) is 0.835. The number of esters is 1. The summed E-state index contributed by atoms with van der Waals surface area (Å²) in [5, 5.41) is 10.7. The first-order valence-corrected chi connectivity index (χ1v) is 5.48. The predicted molar refractivity (Wildman–Crippen MR) is 66.4 cm³/mol. The summed E-state index contributed by atoms with van der Waals surface area (Å²) in [4.78, 5) is 11.4. The van der Waals surface area contributed by atoms with Crippen LogP contribution in [-0.4, -0.2) is 29.9 Å². The third-order valence-corrected chi connectivity index (χ3v) is 2.97. The van der Waals surface area contributed by atoms with Crippen LogP contribution in [-0.2, 0) is 16.6 Å². The second-order valence-corrected chi connectivity index (χ2v) is 3.97. The van der Waals surface area contributed by atoms with Crippen LogP contribution in [0.3, 0.4) is 0 Å². The zero-order chi connectivity index (χ0) is 13.3. The van der Waals surface area contributed by atoms with Gasteiger partial charge in [-0.3, -0.25) is 0 Å². The van der Waals surface area contributed by atoms with Gasteiger partial charge in [0, 0.05) is 24.2 Å². The summed E-state index contributed by atoms with van der Waals surface area (Å²) < 4.78 is 11.7. The zero-order valence-electron chi connectivity index (χ0n) is 10.5. The molecular formula is C13H15NO4. The van der Waals surface area contributed by atoms with E-state index in [9.17, 15) is 9.90 Å². The Hall–Kier alpha value is -2.01. The third kappa shape index (κ3) is 1.82. The molecule has 96 valence electrons. The Labute approximate surface area is 105 Å². The molecule has 0 saturated carbocycles. The zero-order valence-corrected chi connectivity index (χ0v) is 10.5. The fourth-order valence-corrected chi connectivity index (χ4v) is 2.05. The Morgan fingerprint density at radius 2 is 2.06 bits per heavy atom. The monoisotopic (exact) mass is 249 g/mol. The molecule has 1 aromatic carbocycles. The maximum atomic E-state index is 11.4. The minimum Gasteiger partial charge on any atom is -0.495 e. The van der Waals surface area contributed by atoms with E-state index in [2.05, 4.69) is 4.74 Å². The average Bonchev–Trinajstić information content (AvgIpc) is 2.78. The number of ether oxygens (including phenoxy) is 2. The van der Waals surface area contributed by atoms with Gasteiger partial charge in [0.25, 0.3) is 0 Å². The number of aliphatic hydroxyl groups is 1. The Balaban J connectivity index is 2.64. The predicted octanol–water partition coefficient (Wildman–Crippen LogP) is 1.39. The molecule has 1 atom stereocenters. The Bertz CT molecular complexity index is 588. The number of methoxy groups -OCH3 is 2. The van der Waals surface area contributed by atoms with Gasteiger partial charge >= 0.3 is 5.97 Å². The van der Waals surface area contributed by atoms with Crippen molar-refractivity contribution in [3.8, 4) is 5.75 Å². The second-order valence-electron chi connectivity index (χ2n) is 3.97. The van der Waals surface area contributed by atoms with Gasteiger partial charge in [0.2, 0.25) is 0 Å². The first-order valence-electron chi connectivity index (χ1n) is 5.48. The van der Waals surface area contributed by atoms with Crippen molar-refractivity contribution in [3.63, 3.8) is 0 Å². The fraction of sp³-hybridized carbons (Fsp3) is 0.308. The van der Waals surface area contributed by atoms with Crippen LogP contribution in [0, 0.1) is 0 Å². The lowest BCUT2D eigenvalue weighted by atomic mass is 10.0. The molecule has 5 heteroatoms. The number of fused-ring (bicyclic) bond motifs is 1. The molecule has 1 aromatic heterocycles. The average molecular weight is 249 g/mol. The van der Waals surface area contributed by atoms with E-state index in [4.69, 9.17) is 4.74 Å². The van der Waals surface area contributed by atoms with E-state index in [-0.39, 0.29) is 0 Å². The van der Waals surface area contributed by atoms with Gasteiger partial charge in [-0.25, -0.2) is 4.79 Å². The molecule has 1 N–H and O–H groups in total. The van der Waals surface area contributed by atoms with Crippen LogP contribution in [0.4, 0.5) is 0 Å². The van der Waals surface area contributed by atoms with E-state index in [0.717, 1.165) is 10.9 Å². The molecule has 0 spiro atoms. The minimum atomic E-state index is -1.29. The van der Waals surface area contributed by atoms with E-state index in [1.165, 1.54) is 7.11 Å². The number of rotatable bonds is 3. The van der Waals surface area contributed by atoms with Gasteiger partial charge < -0.3 is 19.1 Å². The summed E-state index contributed by atoms with van der Waals surface area (Å²) in [7, 11) is 4.70. The van der Waals surface area contributed by atoms with E-state index in [1.54, 1.807) is 19.2 Å². The van der Waals surface area contributed by atoms with Crippen molar-refractivity contribution in [2.75, 3.05) is 14.2 Å². The molecule has 0 fully saturated rings. The highest BCUT2D eigenvalue weighted by Crippen LogP contribution is 2.32. The molecular weight excluding hydrogens is 234 g/mol. The van der Waals surface area contributed by atoms with Crippen molar-refractivity contribution < 1.29 is 19.4 Å². The summed E-state index contributed by atoms with van der Waals surface area (Å²) >= 11 is 0. The number of aliphatic hydroxyl groups excluding tert-OH is 1. The molecule has 2 aromatic rings. The summed E-state index contributed by atoms with van der Waals surface area (Å²) in [6.07, 6.45) is 0.562. The molecule has 0 aliphatic rings. The summed E-state index contributed by atoms with van der Waals surface area (Å²) in [6.45, 7) is 0. The van der Waals surface area contributed by atoms with E-state index < -0.39 is 12.1 Å². The van der Waals surface area contributed by atoms with Crippen molar-refractivity contribution in [2.24, 2.45) is 7.05 Å². The number of aryl methyl sites for hydroxylation is 1. The number of aromatic nitrogens is 1. The summed E-state index contributed by atoms with van der Waals surface area (Å²) in [5.41, 5.74) is 1.34. The van der Waals surface area contributed by atoms with Crippen LogP contribution < -0.4 is 4.74 Å². The molecule has 0 radical (unpaired) electrons. The van der Waals surface area contributed by atoms with E-state index >= 15 is 0 Å². The molecule has 1 unspecified atom stereocenters. The first-order chi connectivity index (χ1) is 8.60. The van der Waals surface area contributed by atoms with Crippen LogP contribution in [0.25, 0.3) is 10.9 Å². The Kier molecular flexibility index (Phi) is 3.25. The number of benzene rings is 1. The number of carbonyl (C=O) groups excluding carboxylic acids is 1. The van der Waals surface area contributed by atoms with Crippen molar-refractivity contribution in [3.05, 3.63) is 30.0 Å². The highest BCUT2D eigenvalue weighted by molar-refractivity contribution is 5.92. The van der Waals surface area contributed by atoms with Crippen LogP contribution in [0.1, 0.15) is 11.7 Å². The largest absolute Gasteiger partial charge is 0.495 e. The Morgan fingerprint density at radius 3 is 2.67 bits per heavy atom. The molecule has 18 heavy (non-hydrogen) atoms.